The summed E-state index contributed by atoms with van der Waals surface area (Å²) in [5.41, 5.74) is 6.34. The van der Waals surface area contributed by atoms with Crippen molar-refractivity contribution in [2.75, 3.05) is 26.7 Å². The van der Waals surface area contributed by atoms with Crippen molar-refractivity contribution in [1.29, 1.82) is 0 Å². The summed E-state index contributed by atoms with van der Waals surface area (Å²) in [6, 6.07) is 6.70. The molecule has 0 aromatic heterocycles. The highest BCUT2D eigenvalue weighted by Crippen LogP contribution is 2.10. The summed E-state index contributed by atoms with van der Waals surface area (Å²) < 4.78 is 13.5. The van der Waals surface area contributed by atoms with E-state index in [1.165, 1.54) is 6.07 Å². The molecule has 1 unspecified atom stereocenters. The van der Waals surface area contributed by atoms with E-state index in [0.29, 0.717) is 18.7 Å². The molecular formula is C14H20FN3O. The molecule has 0 aliphatic carbocycles. The van der Waals surface area contributed by atoms with Crippen LogP contribution in [0.1, 0.15) is 12.0 Å². The molecule has 1 aromatic carbocycles. The predicted octanol–water partition coefficient (Wildman–Crippen LogP) is 0.817. The number of likely N-dealkylation sites (N-methyl/N-ethyl adjacent to an activating group) is 1. The molecular weight excluding hydrogens is 245 g/mol. The second-order valence-corrected chi connectivity index (χ2v) is 5.13. The van der Waals surface area contributed by atoms with Crippen molar-refractivity contribution in [3.05, 3.63) is 35.6 Å². The van der Waals surface area contributed by atoms with E-state index in [1.54, 1.807) is 30.1 Å². The molecule has 2 N–H and O–H groups in total. The third kappa shape index (κ3) is 3.75. The lowest BCUT2D eigenvalue weighted by Gasteiger charge is -2.21. The molecule has 0 bridgehead atoms. The minimum atomic E-state index is -0.273. The Morgan fingerprint density at radius 3 is 2.89 bits per heavy atom. The summed E-state index contributed by atoms with van der Waals surface area (Å²) in [7, 11) is 1.70. The maximum atomic E-state index is 13.5. The summed E-state index contributed by atoms with van der Waals surface area (Å²) in [5, 5.41) is 0. The zero-order valence-corrected chi connectivity index (χ0v) is 11.2. The largest absolute Gasteiger partial charge is 0.340 e. The fraction of sp³-hybridized carbons (Fsp3) is 0.500. The molecule has 4 nitrogen and oxygen atoms in total. The van der Waals surface area contributed by atoms with E-state index in [4.69, 9.17) is 5.73 Å². The van der Waals surface area contributed by atoms with Gasteiger partial charge >= 0.3 is 0 Å². The quantitative estimate of drug-likeness (QED) is 0.877. The van der Waals surface area contributed by atoms with Gasteiger partial charge in [-0.15, -0.1) is 0 Å². The number of likely N-dealkylation sites (tertiary alicyclic amines) is 1. The van der Waals surface area contributed by atoms with Crippen LogP contribution in [0.2, 0.25) is 0 Å². The summed E-state index contributed by atoms with van der Waals surface area (Å²) in [6.07, 6.45) is 0.935. The number of nitrogens with two attached hydrogens (primary N) is 1. The highest BCUT2D eigenvalue weighted by molar-refractivity contribution is 5.78. The maximum absolute atomic E-state index is 13.5. The number of rotatable bonds is 4. The van der Waals surface area contributed by atoms with Crippen LogP contribution in [-0.2, 0) is 11.3 Å². The van der Waals surface area contributed by atoms with Gasteiger partial charge < -0.3 is 10.6 Å². The average Bonchev–Trinajstić information content (AvgIpc) is 2.77. The topological polar surface area (TPSA) is 49.6 Å². The van der Waals surface area contributed by atoms with Crippen molar-refractivity contribution >= 4 is 5.91 Å². The summed E-state index contributed by atoms with van der Waals surface area (Å²) in [4.78, 5) is 15.6. The van der Waals surface area contributed by atoms with Crippen LogP contribution in [0.15, 0.2) is 24.3 Å². The molecule has 1 aliphatic heterocycles. The first-order valence-electron chi connectivity index (χ1n) is 6.51. The Labute approximate surface area is 113 Å². The highest BCUT2D eigenvalue weighted by Gasteiger charge is 2.22. The fourth-order valence-electron chi connectivity index (χ4n) is 2.29. The monoisotopic (exact) mass is 265 g/mol. The Morgan fingerprint density at radius 2 is 2.26 bits per heavy atom. The van der Waals surface area contributed by atoms with Gasteiger partial charge in [-0.3, -0.25) is 9.69 Å². The molecule has 1 saturated heterocycles. The Hall–Kier alpha value is -1.46. The van der Waals surface area contributed by atoms with E-state index >= 15 is 0 Å². The molecule has 0 saturated carbocycles. The molecule has 0 radical (unpaired) electrons. The second kappa shape index (κ2) is 6.12. The zero-order chi connectivity index (χ0) is 13.8. The normalized spacial score (nSPS) is 19.6. The lowest BCUT2D eigenvalue weighted by atomic mass is 10.2. The summed E-state index contributed by atoms with van der Waals surface area (Å²) in [6.45, 7) is 2.28. The van der Waals surface area contributed by atoms with Crippen molar-refractivity contribution in [2.45, 2.75) is 19.0 Å². The minimum Gasteiger partial charge on any atom is -0.340 e. The van der Waals surface area contributed by atoms with Crippen molar-refractivity contribution in [2.24, 2.45) is 5.73 Å². The number of nitrogens with zero attached hydrogens (tertiary/aromatic N) is 2. The molecule has 1 fully saturated rings. The second-order valence-electron chi connectivity index (χ2n) is 5.13. The Bertz CT molecular complexity index is 452. The number of amides is 1. The van der Waals surface area contributed by atoms with Crippen LogP contribution in [0.3, 0.4) is 0 Å². The van der Waals surface area contributed by atoms with Gasteiger partial charge in [0, 0.05) is 38.3 Å². The van der Waals surface area contributed by atoms with Gasteiger partial charge in [0.1, 0.15) is 5.82 Å². The highest BCUT2D eigenvalue weighted by atomic mass is 19.1. The van der Waals surface area contributed by atoms with Gasteiger partial charge in [0.25, 0.3) is 0 Å². The molecule has 1 amide bonds. The van der Waals surface area contributed by atoms with Crippen LogP contribution >= 0.6 is 0 Å². The van der Waals surface area contributed by atoms with Crippen LogP contribution in [0.5, 0.6) is 0 Å². The smallest absolute Gasteiger partial charge is 0.236 e. The van der Waals surface area contributed by atoms with Gasteiger partial charge in [0.15, 0.2) is 0 Å². The molecule has 104 valence electrons. The van der Waals surface area contributed by atoms with Gasteiger partial charge in [-0.25, -0.2) is 4.39 Å². The van der Waals surface area contributed by atoms with Crippen molar-refractivity contribution in [3.8, 4) is 0 Å². The molecule has 19 heavy (non-hydrogen) atoms. The van der Waals surface area contributed by atoms with Crippen LogP contribution < -0.4 is 5.73 Å². The lowest BCUT2D eigenvalue weighted by molar-refractivity contribution is -0.131. The SMILES string of the molecule is CN(Cc1ccccc1F)C(=O)CN1CCC(N)C1. The third-order valence-electron chi connectivity index (χ3n) is 3.46. The van der Waals surface area contributed by atoms with Gasteiger partial charge in [-0.2, -0.15) is 0 Å². The molecule has 5 heteroatoms. The van der Waals surface area contributed by atoms with Gasteiger partial charge in [0.2, 0.25) is 5.91 Å². The van der Waals surface area contributed by atoms with Gasteiger partial charge in [-0.1, -0.05) is 18.2 Å². The number of carbonyl (C=O) groups is 1. The molecule has 1 atom stereocenters. The van der Waals surface area contributed by atoms with Crippen molar-refractivity contribution in [3.63, 3.8) is 0 Å². The number of carbonyl (C=O) groups excluding carboxylic acids is 1. The van der Waals surface area contributed by atoms with Crippen LogP contribution in [0.4, 0.5) is 4.39 Å². The Balaban J connectivity index is 1.87. The molecule has 0 spiro atoms. The van der Waals surface area contributed by atoms with Crippen LogP contribution in [-0.4, -0.2) is 48.4 Å². The van der Waals surface area contributed by atoms with Crippen LogP contribution in [0.25, 0.3) is 0 Å². The van der Waals surface area contributed by atoms with E-state index in [2.05, 4.69) is 0 Å². The Morgan fingerprint density at radius 1 is 1.53 bits per heavy atom. The average molecular weight is 265 g/mol. The molecule has 1 heterocycles. The lowest BCUT2D eigenvalue weighted by Crippen LogP contribution is -2.38. The van der Waals surface area contributed by atoms with Crippen molar-refractivity contribution < 1.29 is 9.18 Å². The van der Waals surface area contributed by atoms with E-state index in [1.807, 2.05) is 4.90 Å². The van der Waals surface area contributed by atoms with Crippen molar-refractivity contribution in [1.82, 2.24) is 9.80 Å². The minimum absolute atomic E-state index is 0.00245. The summed E-state index contributed by atoms with van der Waals surface area (Å²) in [5.74, 6) is -0.275. The van der Waals surface area contributed by atoms with Gasteiger partial charge in [-0.05, 0) is 12.5 Å². The Kier molecular flexibility index (Phi) is 4.50. The maximum Gasteiger partial charge on any atom is 0.236 e. The third-order valence-corrected chi connectivity index (χ3v) is 3.46. The van der Waals surface area contributed by atoms with Crippen LogP contribution in [0, 0.1) is 5.82 Å². The first-order chi connectivity index (χ1) is 9.06. The predicted molar refractivity (Wildman–Crippen MR) is 71.9 cm³/mol. The standard InChI is InChI=1S/C14H20FN3O/c1-17(8-11-4-2-3-5-13(11)15)14(19)10-18-7-6-12(16)9-18/h2-5,12H,6-10,16H2,1H3. The van der Waals surface area contributed by atoms with E-state index < -0.39 is 0 Å². The van der Waals surface area contributed by atoms with Gasteiger partial charge in [0.05, 0.1) is 6.54 Å². The molecule has 2 rings (SSSR count). The number of hydrogen-bond acceptors (Lipinski definition) is 3. The first kappa shape index (κ1) is 14.0. The number of hydrogen-bond donors (Lipinski definition) is 1. The summed E-state index contributed by atoms with van der Waals surface area (Å²) >= 11 is 0. The van der Waals surface area contributed by atoms with E-state index in [-0.39, 0.29) is 17.8 Å². The van der Waals surface area contributed by atoms with E-state index in [9.17, 15) is 9.18 Å². The number of benzene rings is 1. The van der Waals surface area contributed by atoms with E-state index in [0.717, 1.165) is 19.5 Å². The number of halogens is 1. The zero-order valence-electron chi connectivity index (χ0n) is 11.2. The fourth-order valence-corrected chi connectivity index (χ4v) is 2.29. The molecule has 1 aromatic rings. The first-order valence-corrected chi connectivity index (χ1v) is 6.51. The molecule has 1 aliphatic rings.